The predicted octanol–water partition coefficient (Wildman–Crippen LogP) is 3.59. The van der Waals surface area contributed by atoms with Gasteiger partial charge in [-0.1, -0.05) is 18.2 Å². The Morgan fingerprint density at radius 1 is 1.11 bits per heavy atom. The van der Waals surface area contributed by atoms with Crippen LogP contribution < -0.4 is 0 Å². The highest BCUT2D eigenvalue weighted by molar-refractivity contribution is 6.05. The van der Waals surface area contributed by atoms with Gasteiger partial charge >= 0.3 is 0 Å². The Labute approximate surface area is 104 Å². The summed E-state index contributed by atoms with van der Waals surface area (Å²) in [6.45, 7) is 4.21. The zero-order valence-electron chi connectivity index (χ0n) is 10.4. The van der Waals surface area contributed by atoms with Crippen LogP contribution in [-0.2, 0) is 0 Å². The summed E-state index contributed by atoms with van der Waals surface area (Å²) < 4.78 is 2.17. The molecule has 1 aromatic carbocycles. The molecule has 0 atom stereocenters. The number of H-pyrrole nitrogens is 1. The number of benzene rings is 1. The van der Waals surface area contributed by atoms with E-state index in [0.717, 1.165) is 22.3 Å². The van der Waals surface area contributed by atoms with E-state index in [0.29, 0.717) is 0 Å². The van der Waals surface area contributed by atoms with Gasteiger partial charge in [0.2, 0.25) is 0 Å². The second-order valence-electron chi connectivity index (χ2n) is 4.84. The molecular formula is C15H13N3. The Morgan fingerprint density at radius 3 is 2.89 bits per heavy atom. The molecule has 0 unspecified atom stereocenters. The van der Waals surface area contributed by atoms with Crippen molar-refractivity contribution in [3.8, 4) is 0 Å². The number of imidazole rings is 1. The van der Waals surface area contributed by atoms with E-state index in [1.807, 2.05) is 12.1 Å². The van der Waals surface area contributed by atoms with Crippen LogP contribution in [0.25, 0.3) is 27.7 Å². The molecular weight excluding hydrogens is 222 g/mol. The fourth-order valence-electron chi connectivity index (χ4n) is 2.65. The lowest BCUT2D eigenvalue weighted by Gasteiger charge is -1.98. The van der Waals surface area contributed by atoms with E-state index < -0.39 is 0 Å². The van der Waals surface area contributed by atoms with Crippen LogP contribution in [0.5, 0.6) is 0 Å². The molecule has 3 aromatic heterocycles. The molecule has 0 aliphatic heterocycles. The smallest absolute Gasteiger partial charge is 0.143 e. The maximum absolute atomic E-state index is 4.73. The van der Waals surface area contributed by atoms with Crippen molar-refractivity contribution >= 4 is 27.7 Å². The van der Waals surface area contributed by atoms with Crippen molar-refractivity contribution in [2.45, 2.75) is 13.8 Å². The number of aromatic amines is 1. The number of nitrogens with zero attached hydrogens (tertiary/aromatic N) is 2. The molecule has 1 N–H and O–H groups in total. The van der Waals surface area contributed by atoms with Gasteiger partial charge in [-0.3, -0.25) is 4.40 Å². The highest BCUT2D eigenvalue weighted by Crippen LogP contribution is 2.27. The maximum Gasteiger partial charge on any atom is 0.143 e. The number of nitrogens with one attached hydrogen (secondary N) is 1. The zero-order valence-corrected chi connectivity index (χ0v) is 10.4. The second-order valence-corrected chi connectivity index (χ2v) is 4.84. The summed E-state index contributed by atoms with van der Waals surface area (Å²) >= 11 is 0. The first-order valence-corrected chi connectivity index (χ1v) is 6.10. The monoisotopic (exact) mass is 235 g/mol. The number of pyridine rings is 1. The van der Waals surface area contributed by atoms with Crippen LogP contribution in [0.3, 0.4) is 0 Å². The van der Waals surface area contributed by atoms with E-state index in [2.05, 4.69) is 47.5 Å². The van der Waals surface area contributed by atoms with Crippen molar-refractivity contribution in [1.82, 2.24) is 14.4 Å². The fourth-order valence-corrected chi connectivity index (χ4v) is 2.65. The van der Waals surface area contributed by atoms with Crippen LogP contribution >= 0.6 is 0 Å². The molecule has 0 aliphatic rings. The molecule has 88 valence electrons. The van der Waals surface area contributed by atoms with Gasteiger partial charge in [-0.05, 0) is 37.6 Å². The number of aryl methyl sites for hydroxylation is 2. The van der Waals surface area contributed by atoms with Crippen molar-refractivity contribution in [2.24, 2.45) is 0 Å². The highest BCUT2D eigenvalue weighted by atomic mass is 15.1. The Bertz CT molecular complexity index is 896. The van der Waals surface area contributed by atoms with E-state index >= 15 is 0 Å². The topological polar surface area (TPSA) is 33.1 Å². The number of hydrogen-bond acceptors (Lipinski definition) is 1. The molecule has 3 nitrogen and oxygen atoms in total. The summed E-state index contributed by atoms with van der Waals surface area (Å²) in [5, 5.41) is 1.19. The highest BCUT2D eigenvalue weighted by Gasteiger charge is 2.11. The quantitative estimate of drug-likeness (QED) is 0.496. The van der Waals surface area contributed by atoms with E-state index in [1.165, 1.54) is 16.6 Å². The lowest BCUT2D eigenvalue weighted by Crippen LogP contribution is -1.90. The number of aromatic nitrogens is 3. The number of hydrogen-bond donors (Lipinski definition) is 1. The molecule has 0 radical (unpaired) electrons. The minimum atomic E-state index is 0.999. The third-order valence-corrected chi connectivity index (χ3v) is 3.52. The summed E-state index contributed by atoms with van der Waals surface area (Å²) in [7, 11) is 0. The van der Waals surface area contributed by atoms with Crippen LogP contribution in [0.4, 0.5) is 0 Å². The SMILES string of the molecule is Cc1ccc2c(c1)[nH]c1c2nc2cccc(C)n21. The lowest BCUT2D eigenvalue weighted by atomic mass is 10.2. The normalized spacial score (nSPS) is 11.9. The van der Waals surface area contributed by atoms with Crippen LogP contribution in [0.2, 0.25) is 0 Å². The van der Waals surface area contributed by atoms with E-state index in [1.54, 1.807) is 0 Å². The molecule has 3 heteroatoms. The molecule has 0 saturated carbocycles. The second kappa shape index (κ2) is 3.13. The van der Waals surface area contributed by atoms with Gasteiger partial charge < -0.3 is 4.98 Å². The third-order valence-electron chi connectivity index (χ3n) is 3.52. The molecule has 0 amide bonds. The van der Waals surface area contributed by atoms with Crippen molar-refractivity contribution in [3.05, 3.63) is 47.7 Å². The van der Waals surface area contributed by atoms with Crippen LogP contribution in [-0.4, -0.2) is 14.4 Å². The van der Waals surface area contributed by atoms with Gasteiger partial charge in [0, 0.05) is 16.6 Å². The lowest BCUT2D eigenvalue weighted by molar-refractivity contribution is 1.11. The van der Waals surface area contributed by atoms with Gasteiger partial charge in [0.05, 0.1) is 0 Å². The van der Waals surface area contributed by atoms with Gasteiger partial charge in [-0.25, -0.2) is 4.98 Å². The predicted molar refractivity (Wildman–Crippen MR) is 74.0 cm³/mol. The fraction of sp³-hybridized carbons (Fsp3) is 0.133. The van der Waals surface area contributed by atoms with Crippen molar-refractivity contribution < 1.29 is 0 Å². The summed E-state index contributed by atoms with van der Waals surface area (Å²) in [6, 6.07) is 12.6. The van der Waals surface area contributed by atoms with Crippen LogP contribution in [0.15, 0.2) is 36.4 Å². The molecule has 3 heterocycles. The average molecular weight is 235 g/mol. The first-order valence-electron chi connectivity index (χ1n) is 6.10. The molecule has 0 spiro atoms. The molecule has 4 rings (SSSR count). The standard InChI is InChI=1S/C15H13N3/c1-9-6-7-11-12(8-9)16-15-14(11)17-13-5-3-4-10(2)18(13)15/h3-8,16H,1-2H3. The summed E-state index contributed by atoms with van der Waals surface area (Å²) in [6.07, 6.45) is 0. The van der Waals surface area contributed by atoms with Gasteiger partial charge in [0.15, 0.2) is 0 Å². The maximum atomic E-state index is 4.73. The number of fused-ring (bicyclic) bond motifs is 5. The first kappa shape index (κ1) is 9.71. The molecule has 0 aliphatic carbocycles. The Balaban J connectivity index is 2.29. The zero-order chi connectivity index (χ0) is 12.3. The first-order chi connectivity index (χ1) is 8.74. The van der Waals surface area contributed by atoms with Gasteiger partial charge in [-0.15, -0.1) is 0 Å². The van der Waals surface area contributed by atoms with Gasteiger partial charge in [0.1, 0.15) is 16.8 Å². The molecule has 0 bridgehead atoms. The summed E-state index contributed by atoms with van der Waals surface area (Å²) in [5.74, 6) is 0. The largest absolute Gasteiger partial charge is 0.339 e. The molecule has 18 heavy (non-hydrogen) atoms. The Kier molecular flexibility index (Phi) is 1.69. The van der Waals surface area contributed by atoms with E-state index in [4.69, 9.17) is 4.98 Å². The summed E-state index contributed by atoms with van der Waals surface area (Å²) in [5.41, 5.74) is 6.75. The number of rotatable bonds is 0. The summed E-state index contributed by atoms with van der Waals surface area (Å²) in [4.78, 5) is 8.21. The molecule has 0 fully saturated rings. The van der Waals surface area contributed by atoms with E-state index in [-0.39, 0.29) is 0 Å². The van der Waals surface area contributed by atoms with Crippen molar-refractivity contribution in [3.63, 3.8) is 0 Å². The Hall–Kier alpha value is -2.29. The molecule has 0 saturated heterocycles. The molecule has 4 aromatic rings. The van der Waals surface area contributed by atoms with Gasteiger partial charge in [0.25, 0.3) is 0 Å². The van der Waals surface area contributed by atoms with Crippen LogP contribution in [0.1, 0.15) is 11.3 Å². The van der Waals surface area contributed by atoms with E-state index in [9.17, 15) is 0 Å². The van der Waals surface area contributed by atoms with Crippen LogP contribution in [0, 0.1) is 13.8 Å². The van der Waals surface area contributed by atoms with Crippen molar-refractivity contribution in [2.75, 3.05) is 0 Å². The minimum absolute atomic E-state index is 0.999. The van der Waals surface area contributed by atoms with Crippen molar-refractivity contribution in [1.29, 1.82) is 0 Å². The minimum Gasteiger partial charge on any atom is -0.339 e. The third kappa shape index (κ3) is 1.11. The Morgan fingerprint density at radius 2 is 2.00 bits per heavy atom. The van der Waals surface area contributed by atoms with Gasteiger partial charge in [-0.2, -0.15) is 0 Å². The average Bonchev–Trinajstić information content (AvgIpc) is 2.84.